The SMILES string of the molecule is CC/C=C/C/C=C/C/C=C/CCCCCCCC(=O)OC[C@H](COC(=O)CCCCCCCCC/C=C/C/C=C/CCCCC)OC(=O)CCCCCCCCC/C=C/C/C=C/CCCCC. The molecular weight excluding hydrogens is 829 g/mol. The zero-order valence-electron chi connectivity index (χ0n) is 43.9. The highest BCUT2D eigenvalue weighted by Gasteiger charge is 2.19. The number of rotatable bonds is 50. The van der Waals surface area contributed by atoms with Gasteiger partial charge in [0.05, 0.1) is 0 Å². The summed E-state index contributed by atoms with van der Waals surface area (Å²) in [6.45, 7) is 6.46. The number of allylic oxidation sites excluding steroid dienone is 14. The van der Waals surface area contributed by atoms with E-state index in [0.717, 1.165) is 122 Å². The molecule has 0 heterocycles. The van der Waals surface area contributed by atoms with E-state index in [1.165, 1.54) is 103 Å². The summed E-state index contributed by atoms with van der Waals surface area (Å²) in [4.78, 5) is 38.1. The van der Waals surface area contributed by atoms with Crippen molar-refractivity contribution < 1.29 is 28.6 Å². The van der Waals surface area contributed by atoms with E-state index >= 15 is 0 Å². The van der Waals surface area contributed by atoms with E-state index in [9.17, 15) is 14.4 Å². The molecule has 0 aliphatic heterocycles. The van der Waals surface area contributed by atoms with Crippen LogP contribution in [0.2, 0.25) is 0 Å². The predicted octanol–water partition coefficient (Wildman–Crippen LogP) is 18.8. The Morgan fingerprint density at radius 1 is 0.313 bits per heavy atom. The number of unbranched alkanes of at least 4 members (excludes halogenated alkanes) is 25. The molecule has 0 saturated heterocycles. The molecule has 0 aliphatic rings. The van der Waals surface area contributed by atoms with Gasteiger partial charge in [0.1, 0.15) is 13.2 Å². The first-order chi connectivity index (χ1) is 33.0. The van der Waals surface area contributed by atoms with Crippen molar-refractivity contribution in [3.63, 3.8) is 0 Å². The first-order valence-electron chi connectivity index (χ1n) is 28.1. The molecular formula is C61H104O6. The summed E-state index contributed by atoms with van der Waals surface area (Å²) in [5, 5.41) is 0. The van der Waals surface area contributed by atoms with Crippen LogP contribution in [0.3, 0.4) is 0 Å². The molecule has 384 valence electrons. The van der Waals surface area contributed by atoms with Crippen LogP contribution in [0.25, 0.3) is 0 Å². The molecule has 0 aromatic rings. The van der Waals surface area contributed by atoms with Gasteiger partial charge in [-0.05, 0) is 116 Å². The van der Waals surface area contributed by atoms with E-state index in [1.807, 2.05) is 0 Å². The van der Waals surface area contributed by atoms with Crippen LogP contribution >= 0.6 is 0 Å². The van der Waals surface area contributed by atoms with Crippen LogP contribution in [-0.2, 0) is 28.6 Å². The molecule has 0 aliphatic carbocycles. The second-order valence-corrected chi connectivity index (χ2v) is 18.5. The third kappa shape index (κ3) is 53.4. The van der Waals surface area contributed by atoms with E-state index in [2.05, 4.69) is 106 Å². The maximum absolute atomic E-state index is 12.8. The molecule has 0 aromatic heterocycles. The van der Waals surface area contributed by atoms with Crippen molar-refractivity contribution in [1.82, 2.24) is 0 Å². The molecule has 0 fully saturated rings. The molecule has 0 N–H and O–H groups in total. The molecule has 0 aromatic carbocycles. The fourth-order valence-corrected chi connectivity index (χ4v) is 7.63. The van der Waals surface area contributed by atoms with Gasteiger partial charge < -0.3 is 14.2 Å². The number of carbonyl (C=O) groups is 3. The maximum atomic E-state index is 12.8. The Hall–Kier alpha value is -3.41. The molecule has 0 bridgehead atoms. The van der Waals surface area contributed by atoms with Gasteiger partial charge in [-0.1, -0.05) is 215 Å². The minimum atomic E-state index is -0.792. The van der Waals surface area contributed by atoms with Gasteiger partial charge in [-0.2, -0.15) is 0 Å². The summed E-state index contributed by atoms with van der Waals surface area (Å²) in [5.74, 6) is -0.918. The fraction of sp³-hybridized carbons (Fsp3) is 0.721. The van der Waals surface area contributed by atoms with Crippen molar-refractivity contribution in [2.75, 3.05) is 13.2 Å². The van der Waals surface area contributed by atoms with Crippen LogP contribution in [0.1, 0.15) is 265 Å². The number of ether oxygens (including phenoxy) is 3. The van der Waals surface area contributed by atoms with Gasteiger partial charge in [0.2, 0.25) is 0 Å². The van der Waals surface area contributed by atoms with E-state index in [0.29, 0.717) is 19.3 Å². The van der Waals surface area contributed by atoms with Gasteiger partial charge >= 0.3 is 17.9 Å². The molecule has 0 saturated carbocycles. The lowest BCUT2D eigenvalue weighted by Crippen LogP contribution is -2.30. The highest BCUT2D eigenvalue weighted by molar-refractivity contribution is 5.71. The zero-order valence-corrected chi connectivity index (χ0v) is 43.9. The Kier molecular flexibility index (Phi) is 52.4. The first-order valence-corrected chi connectivity index (χ1v) is 28.1. The summed E-state index contributed by atoms with van der Waals surface area (Å²) in [6.07, 6.45) is 71.3. The molecule has 6 heteroatoms. The Balaban J connectivity index is 4.44. The maximum Gasteiger partial charge on any atom is 0.306 e. The Morgan fingerprint density at radius 2 is 0.582 bits per heavy atom. The highest BCUT2D eigenvalue weighted by Crippen LogP contribution is 2.14. The Bertz CT molecular complexity index is 1300. The van der Waals surface area contributed by atoms with Gasteiger partial charge in [0.15, 0.2) is 6.10 Å². The van der Waals surface area contributed by atoms with Crippen molar-refractivity contribution in [3.8, 4) is 0 Å². The van der Waals surface area contributed by atoms with Crippen LogP contribution in [0, 0.1) is 0 Å². The van der Waals surface area contributed by atoms with Crippen molar-refractivity contribution in [3.05, 3.63) is 85.1 Å². The van der Waals surface area contributed by atoms with Crippen LogP contribution in [0.4, 0.5) is 0 Å². The lowest BCUT2D eigenvalue weighted by Gasteiger charge is -2.18. The van der Waals surface area contributed by atoms with Crippen molar-refractivity contribution in [1.29, 1.82) is 0 Å². The lowest BCUT2D eigenvalue weighted by molar-refractivity contribution is -0.167. The average molecular weight is 933 g/mol. The highest BCUT2D eigenvalue weighted by atomic mass is 16.6. The van der Waals surface area contributed by atoms with Gasteiger partial charge in [-0.15, -0.1) is 0 Å². The van der Waals surface area contributed by atoms with Gasteiger partial charge in [-0.25, -0.2) is 0 Å². The van der Waals surface area contributed by atoms with Crippen LogP contribution in [-0.4, -0.2) is 37.2 Å². The normalized spacial score (nSPS) is 12.7. The zero-order chi connectivity index (χ0) is 48.6. The number of hydrogen-bond donors (Lipinski definition) is 0. The van der Waals surface area contributed by atoms with E-state index in [1.54, 1.807) is 0 Å². The third-order valence-corrected chi connectivity index (χ3v) is 11.9. The van der Waals surface area contributed by atoms with E-state index in [-0.39, 0.29) is 31.1 Å². The van der Waals surface area contributed by atoms with E-state index in [4.69, 9.17) is 14.2 Å². The molecule has 6 nitrogen and oxygen atoms in total. The fourth-order valence-electron chi connectivity index (χ4n) is 7.63. The molecule has 67 heavy (non-hydrogen) atoms. The van der Waals surface area contributed by atoms with Crippen molar-refractivity contribution in [2.24, 2.45) is 0 Å². The third-order valence-electron chi connectivity index (χ3n) is 11.9. The van der Waals surface area contributed by atoms with Crippen LogP contribution in [0.15, 0.2) is 85.1 Å². The summed E-state index contributed by atoms with van der Waals surface area (Å²) in [5.41, 5.74) is 0. The Labute approximate surface area is 414 Å². The van der Waals surface area contributed by atoms with Gasteiger partial charge in [0.25, 0.3) is 0 Å². The number of hydrogen-bond acceptors (Lipinski definition) is 6. The van der Waals surface area contributed by atoms with Gasteiger partial charge in [0, 0.05) is 19.3 Å². The summed E-state index contributed by atoms with van der Waals surface area (Å²) in [6, 6.07) is 0. The summed E-state index contributed by atoms with van der Waals surface area (Å²) in [7, 11) is 0. The molecule has 0 radical (unpaired) electrons. The summed E-state index contributed by atoms with van der Waals surface area (Å²) >= 11 is 0. The second-order valence-electron chi connectivity index (χ2n) is 18.5. The number of carbonyl (C=O) groups excluding carboxylic acids is 3. The van der Waals surface area contributed by atoms with Crippen molar-refractivity contribution in [2.45, 2.75) is 271 Å². The van der Waals surface area contributed by atoms with Crippen LogP contribution < -0.4 is 0 Å². The topological polar surface area (TPSA) is 78.9 Å². The largest absolute Gasteiger partial charge is 0.462 e. The molecule has 0 unspecified atom stereocenters. The monoisotopic (exact) mass is 933 g/mol. The van der Waals surface area contributed by atoms with Crippen molar-refractivity contribution >= 4 is 17.9 Å². The smallest absolute Gasteiger partial charge is 0.306 e. The standard InChI is InChI=1S/C61H104O6/c1-4-7-10-13-16-19-22-25-28-30-33-36-39-42-45-48-51-54-60(63)66-57-58(56-65-59(62)53-50-47-44-41-38-35-32-27-24-21-18-15-12-9-6-3)67-61(64)55-52-49-46-43-40-37-34-31-29-26-23-20-17-14-11-8-5-2/h9,12,16-21,25-29,32,58H,4-8,10-11,13-15,22-24,30-31,33-57H2,1-3H3/b12-9+,19-16+,20-17+,21-18+,28-25+,29-26+,32-27+/t58-/m1/s1. The molecule has 1 atom stereocenters. The average Bonchev–Trinajstić information content (AvgIpc) is 3.33. The molecule has 0 amide bonds. The molecule has 0 rings (SSSR count). The number of esters is 3. The second kappa shape index (κ2) is 55.2. The van der Waals surface area contributed by atoms with Gasteiger partial charge in [-0.3, -0.25) is 14.4 Å². The van der Waals surface area contributed by atoms with E-state index < -0.39 is 6.10 Å². The minimum Gasteiger partial charge on any atom is -0.462 e. The van der Waals surface area contributed by atoms with Crippen LogP contribution in [0.5, 0.6) is 0 Å². The minimum absolute atomic E-state index is 0.0898. The predicted molar refractivity (Wildman–Crippen MR) is 288 cm³/mol. The quantitative estimate of drug-likeness (QED) is 0.0262. The lowest BCUT2D eigenvalue weighted by atomic mass is 10.1. The first kappa shape index (κ1) is 63.6. The molecule has 0 spiro atoms. The Morgan fingerprint density at radius 3 is 0.910 bits per heavy atom. The summed E-state index contributed by atoms with van der Waals surface area (Å²) < 4.78 is 16.8.